The molecule has 1 amide bonds. The number of thioether (sulfide) groups is 1. The normalized spacial score (nSPS) is 10.2. The molecule has 0 aliphatic heterocycles. The summed E-state index contributed by atoms with van der Waals surface area (Å²) in [5.41, 5.74) is 0.618. The second-order valence-corrected chi connectivity index (χ2v) is 6.29. The third kappa shape index (κ3) is 4.79. The Bertz CT molecular complexity index is 604. The predicted molar refractivity (Wildman–Crippen MR) is 90.2 cm³/mol. The van der Waals surface area contributed by atoms with Gasteiger partial charge in [-0.1, -0.05) is 18.2 Å². The van der Waals surface area contributed by atoms with Crippen LogP contribution >= 0.6 is 27.7 Å². The van der Waals surface area contributed by atoms with Gasteiger partial charge < -0.3 is 10.1 Å². The van der Waals surface area contributed by atoms with Crippen molar-refractivity contribution in [1.82, 2.24) is 5.32 Å². The van der Waals surface area contributed by atoms with Gasteiger partial charge in [-0.05, 0) is 46.3 Å². The molecule has 0 saturated heterocycles. The summed E-state index contributed by atoms with van der Waals surface area (Å²) in [6.45, 7) is 0.627. The van der Waals surface area contributed by atoms with Gasteiger partial charge in [-0.15, -0.1) is 11.8 Å². The SMILES string of the molecule is COc1ccc(C(=O)NCCSc2ccccc2)cc1Br. The van der Waals surface area contributed by atoms with Crippen molar-refractivity contribution in [2.45, 2.75) is 4.90 Å². The Morgan fingerprint density at radius 1 is 1.24 bits per heavy atom. The van der Waals surface area contributed by atoms with Gasteiger partial charge in [0.25, 0.3) is 5.91 Å². The lowest BCUT2D eigenvalue weighted by atomic mass is 10.2. The zero-order chi connectivity index (χ0) is 15.1. The van der Waals surface area contributed by atoms with E-state index in [0.717, 1.165) is 10.2 Å². The fourth-order valence-electron chi connectivity index (χ4n) is 1.76. The summed E-state index contributed by atoms with van der Waals surface area (Å²) in [5, 5.41) is 2.91. The third-order valence-electron chi connectivity index (χ3n) is 2.81. The van der Waals surface area contributed by atoms with E-state index < -0.39 is 0 Å². The molecule has 0 aliphatic carbocycles. The number of carbonyl (C=O) groups excluding carboxylic acids is 1. The molecule has 0 bridgehead atoms. The van der Waals surface area contributed by atoms with Crippen LogP contribution in [0.15, 0.2) is 57.9 Å². The maximum Gasteiger partial charge on any atom is 0.251 e. The molecule has 0 aliphatic rings. The Morgan fingerprint density at radius 2 is 2.00 bits per heavy atom. The first-order chi connectivity index (χ1) is 10.2. The van der Waals surface area contributed by atoms with Gasteiger partial charge in [-0.25, -0.2) is 0 Å². The maximum atomic E-state index is 12.0. The Hall–Kier alpha value is -1.46. The number of hydrogen-bond donors (Lipinski definition) is 1. The van der Waals surface area contributed by atoms with Crippen LogP contribution in [0.4, 0.5) is 0 Å². The number of carbonyl (C=O) groups is 1. The van der Waals surface area contributed by atoms with Crippen molar-refractivity contribution < 1.29 is 9.53 Å². The van der Waals surface area contributed by atoms with Crippen LogP contribution in [0.1, 0.15) is 10.4 Å². The molecule has 0 unspecified atom stereocenters. The van der Waals surface area contributed by atoms with Crippen LogP contribution in [0, 0.1) is 0 Å². The Balaban J connectivity index is 1.80. The molecule has 0 atom stereocenters. The molecular weight excluding hydrogens is 350 g/mol. The summed E-state index contributed by atoms with van der Waals surface area (Å²) in [7, 11) is 1.60. The van der Waals surface area contributed by atoms with Crippen LogP contribution in [0.3, 0.4) is 0 Å². The highest BCUT2D eigenvalue weighted by atomic mass is 79.9. The number of methoxy groups -OCH3 is 1. The molecule has 0 fully saturated rings. The lowest BCUT2D eigenvalue weighted by Gasteiger charge is -2.07. The minimum atomic E-state index is -0.0768. The summed E-state index contributed by atoms with van der Waals surface area (Å²) in [6.07, 6.45) is 0. The largest absolute Gasteiger partial charge is 0.496 e. The third-order valence-corrected chi connectivity index (χ3v) is 4.45. The fraction of sp³-hybridized carbons (Fsp3) is 0.188. The molecule has 5 heteroatoms. The molecule has 3 nitrogen and oxygen atoms in total. The molecule has 0 spiro atoms. The van der Waals surface area contributed by atoms with Gasteiger partial charge >= 0.3 is 0 Å². The van der Waals surface area contributed by atoms with Gasteiger partial charge in [0.05, 0.1) is 11.6 Å². The van der Waals surface area contributed by atoms with E-state index in [2.05, 4.69) is 33.4 Å². The van der Waals surface area contributed by atoms with Crippen molar-refractivity contribution in [3.63, 3.8) is 0 Å². The first-order valence-electron chi connectivity index (χ1n) is 6.50. The van der Waals surface area contributed by atoms with Gasteiger partial charge in [-0.2, -0.15) is 0 Å². The standard InChI is InChI=1S/C16H16BrNO2S/c1-20-15-8-7-12(11-14(15)17)16(19)18-9-10-21-13-5-3-2-4-6-13/h2-8,11H,9-10H2,1H3,(H,18,19). The van der Waals surface area contributed by atoms with E-state index in [1.807, 2.05) is 18.2 Å². The molecule has 2 rings (SSSR count). The molecule has 0 saturated carbocycles. The van der Waals surface area contributed by atoms with Crippen molar-refractivity contribution in [2.75, 3.05) is 19.4 Å². The van der Waals surface area contributed by atoms with Crippen molar-refractivity contribution in [1.29, 1.82) is 0 Å². The number of nitrogens with one attached hydrogen (secondary N) is 1. The summed E-state index contributed by atoms with van der Waals surface area (Å²) in [6, 6.07) is 15.4. The lowest BCUT2D eigenvalue weighted by molar-refractivity contribution is 0.0956. The van der Waals surface area contributed by atoms with Crippen LogP contribution in [-0.4, -0.2) is 25.3 Å². The summed E-state index contributed by atoms with van der Waals surface area (Å²) >= 11 is 5.10. The zero-order valence-electron chi connectivity index (χ0n) is 11.6. The minimum absolute atomic E-state index is 0.0768. The number of rotatable bonds is 6. The van der Waals surface area contributed by atoms with Gasteiger partial charge in [0, 0.05) is 22.8 Å². The van der Waals surface area contributed by atoms with Gasteiger partial charge in [0.1, 0.15) is 5.75 Å². The summed E-state index contributed by atoms with van der Waals surface area (Å²) in [4.78, 5) is 13.2. The van der Waals surface area contributed by atoms with Gasteiger partial charge in [0.2, 0.25) is 0 Å². The van der Waals surface area contributed by atoms with Crippen LogP contribution in [0.2, 0.25) is 0 Å². The molecule has 0 aromatic heterocycles. The number of amides is 1. The quantitative estimate of drug-likeness (QED) is 0.621. The van der Waals surface area contributed by atoms with Gasteiger partial charge in [-0.3, -0.25) is 4.79 Å². The molecule has 110 valence electrons. The van der Waals surface area contributed by atoms with Crippen molar-refractivity contribution in [3.05, 3.63) is 58.6 Å². The Kier molecular flexibility index (Phi) is 6.14. The number of benzene rings is 2. The Labute approximate surface area is 137 Å². The average Bonchev–Trinajstić information content (AvgIpc) is 2.52. The van der Waals surface area contributed by atoms with E-state index in [9.17, 15) is 4.79 Å². The number of ether oxygens (including phenoxy) is 1. The topological polar surface area (TPSA) is 38.3 Å². The van der Waals surface area contributed by atoms with Crippen LogP contribution in [-0.2, 0) is 0 Å². The first kappa shape index (κ1) is 15.9. The molecule has 21 heavy (non-hydrogen) atoms. The van der Waals surface area contributed by atoms with Gasteiger partial charge in [0.15, 0.2) is 0 Å². The highest BCUT2D eigenvalue weighted by Gasteiger charge is 2.08. The summed E-state index contributed by atoms with van der Waals surface area (Å²) < 4.78 is 5.92. The molecule has 0 heterocycles. The van der Waals surface area contributed by atoms with Crippen LogP contribution in [0.5, 0.6) is 5.75 Å². The van der Waals surface area contributed by atoms with E-state index in [1.54, 1.807) is 37.1 Å². The van der Waals surface area contributed by atoms with Crippen LogP contribution in [0.25, 0.3) is 0 Å². The smallest absolute Gasteiger partial charge is 0.251 e. The molecule has 1 N–H and O–H groups in total. The number of hydrogen-bond acceptors (Lipinski definition) is 3. The first-order valence-corrected chi connectivity index (χ1v) is 8.28. The van der Waals surface area contributed by atoms with E-state index in [-0.39, 0.29) is 5.91 Å². The Morgan fingerprint density at radius 3 is 2.67 bits per heavy atom. The van der Waals surface area contributed by atoms with E-state index in [1.165, 1.54) is 4.90 Å². The van der Waals surface area contributed by atoms with Crippen LogP contribution < -0.4 is 10.1 Å². The second kappa shape index (κ2) is 8.10. The predicted octanol–water partition coefficient (Wildman–Crippen LogP) is 3.98. The molecule has 0 radical (unpaired) electrons. The zero-order valence-corrected chi connectivity index (χ0v) is 14.0. The second-order valence-electron chi connectivity index (χ2n) is 4.27. The molecule has 2 aromatic carbocycles. The van der Waals surface area contributed by atoms with Crippen molar-refractivity contribution in [2.24, 2.45) is 0 Å². The van der Waals surface area contributed by atoms with E-state index in [4.69, 9.17) is 4.74 Å². The van der Waals surface area contributed by atoms with E-state index in [0.29, 0.717) is 17.9 Å². The highest BCUT2D eigenvalue weighted by Crippen LogP contribution is 2.25. The lowest BCUT2D eigenvalue weighted by Crippen LogP contribution is -2.25. The van der Waals surface area contributed by atoms with Crippen molar-refractivity contribution >= 4 is 33.6 Å². The average molecular weight is 366 g/mol. The van der Waals surface area contributed by atoms with E-state index >= 15 is 0 Å². The molecular formula is C16H16BrNO2S. The fourth-order valence-corrected chi connectivity index (χ4v) is 3.09. The van der Waals surface area contributed by atoms with Crippen molar-refractivity contribution in [3.8, 4) is 5.75 Å². The molecule has 2 aromatic rings. The number of halogens is 1. The highest BCUT2D eigenvalue weighted by molar-refractivity contribution is 9.10. The maximum absolute atomic E-state index is 12.0. The monoisotopic (exact) mass is 365 g/mol. The minimum Gasteiger partial charge on any atom is -0.496 e. The summed E-state index contributed by atoms with van der Waals surface area (Å²) in [5.74, 6) is 1.48.